The van der Waals surface area contributed by atoms with Gasteiger partial charge in [0.1, 0.15) is 5.82 Å². The van der Waals surface area contributed by atoms with Gasteiger partial charge in [0.15, 0.2) is 0 Å². The number of hydrogen-bond acceptors (Lipinski definition) is 2. The van der Waals surface area contributed by atoms with Crippen LogP contribution in [0.1, 0.15) is 18.2 Å². The molecule has 1 aliphatic carbocycles. The average Bonchev–Trinajstić information content (AvgIpc) is 3.84. The van der Waals surface area contributed by atoms with Crippen molar-refractivity contribution in [3.63, 3.8) is 0 Å². The van der Waals surface area contributed by atoms with Gasteiger partial charge in [-0.2, -0.15) is 0 Å². The van der Waals surface area contributed by atoms with Gasteiger partial charge >= 0.3 is 0 Å². The molecule has 2 N–H and O–H groups in total. The van der Waals surface area contributed by atoms with Gasteiger partial charge in [-0.25, -0.2) is 4.98 Å². The summed E-state index contributed by atoms with van der Waals surface area (Å²) < 4.78 is 4.71. The first-order chi connectivity index (χ1) is 26.7. The van der Waals surface area contributed by atoms with Crippen LogP contribution >= 0.6 is 0 Å². The summed E-state index contributed by atoms with van der Waals surface area (Å²) in [6.45, 7) is 2.16. The topological polar surface area (TPSA) is 48.8 Å². The summed E-state index contributed by atoms with van der Waals surface area (Å²) in [5.74, 6) is 0.900. The molecule has 4 heteroatoms. The summed E-state index contributed by atoms with van der Waals surface area (Å²) >= 11 is 0. The molecule has 0 atom stereocenters. The molecule has 10 aromatic rings. The number of pyridine rings is 1. The molecular weight excluding hydrogens is 657 g/mol. The van der Waals surface area contributed by atoms with Crippen LogP contribution in [0.4, 0.5) is 0 Å². The number of aromatic nitrogens is 3. The molecule has 0 bridgehead atoms. The number of benzene rings is 7. The highest BCUT2D eigenvalue weighted by molar-refractivity contribution is 6.16. The average molecular weight is 691 g/mol. The number of nitrogens with zero attached hydrogens (tertiary/aromatic N) is 3. The monoisotopic (exact) mass is 690 g/mol. The lowest BCUT2D eigenvalue weighted by molar-refractivity contribution is 1.08. The quantitative estimate of drug-likeness (QED) is 0.195. The third kappa shape index (κ3) is 4.40. The minimum Gasteiger partial charge on any atom is -0.405 e. The van der Waals surface area contributed by atoms with E-state index in [0.29, 0.717) is 0 Å². The second-order valence-electron chi connectivity index (χ2n) is 14.2. The van der Waals surface area contributed by atoms with Crippen molar-refractivity contribution in [2.75, 3.05) is 0 Å². The Labute approximate surface area is 312 Å². The van der Waals surface area contributed by atoms with Crippen LogP contribution in [0, 0.1) is 0 Å². The molecule has 0 saturated carbocycles. The Bertz CT molecular complexity index is 3230. The number of fused-ring (bicyclic) bond motifs is 6. The molecule has 4 nitrogen and oxygen atoms in total. The largest absolute Gasteiger partial charge is 0.405 e. The SMILES string of the molecule is CC1=C(/C=C\N)c2nc(-n3c4ccccc4c4cc(-c5ccc6c(c5)c5ccccc5n6-c5cccc(-c6ccccc6)c5)ccc43)cc3cccc1c23. The van der Waals surface area contributed by atoms with Crippen LogP contribution in [-0.4, -0.2) is 14.1 Å². The first-order valence-electron chi connectivity index (χ1n) is 18.4. The highest BCUT2D eigenvalue weighted by Crippen LogP contribution is 2.44. The maximum absolute atomic E-state index is 5.94. The van der Waals surface area contributed by atoms with Gasteiger partial charge in [0, 0.05) is 38.2 Å². The second-order valence-corrected chi connectivity index (χ2v) is 14.2. The molecule has 0 radical (unpaired) electrons. The molecule has 1 aliphatic rings. The summed E-state index contributed by atoms with van der Waals surface area (Å²) in [4.78, 5) is 5.35. The van der Waals surface area contributed by atoms with E-state index in [1.165, 1.54) is 76.7 Å². The number of allylic oxidation sites excluding steroid dienone is 3. The lowest BCUT2D eigenvalue weighted by Gasteiger charge is -2.12. The maximum Gasteiger partial charge on any atom is 0.138 e. The smallest absolute Gasteiger partial charge is 0.138 e. The molecule has 3 aromatic heterocycles. The summed E-state index contributed by atoms with van der Waals surface area (Å²) in [5.41, 5.74) is 21.0. The van der Waals surface area contributed by atoms with E-state index in [-0.39, 0.29) is 0 Å². The molecule has 0 amide bonds. The Morgan fingerprint density at radius 1 is 0.500 bits per heavy atom. The Balaban J connectivity index is 1.08. The van der Waals surface area contributed by atoms with E-state index in [0.717, 1.165) is 33.8 Å². The van der Waals surface area contributed by atoms with E-state index in [9.17, 15) is 0 Å². The molecule has 0 fully saturated rings. The first-order valence-corrected chi connectivity index (χ1v) is 18.4. The third-order valence-corrected chi connectivity index (χ3v) is 11.3. The summed E-state index contributed by atoms with van der Waals surface area (Å²) in [5, 5.41) is 7.24. The Kier molecular flexibility index (Phi) is 6.58. The zero-order valence-electron chi connectivity index (χ0n) is 29.7. The van der Waals surface area contributed by atoms with Crippen molar-refractivity contribution >= 4 is 65.5 Å². The van der Waals surface area contributed by atoms with Crippen molar-refractivity contribution in [2.45, 2.75) is 6.92 Å². The normalized spacial score (nSPS) is 12.8. The van der Waals surface area contributed by atoms with Crippen LogP contribution in [0.2, 0.25) is 0 Å². The summed E-state index contributed by atoms with van der Waals surface area (Å²) in [6.07, 6.45) is 3.60. The van der Waals surface area contributed by atoms with Crippen LogP contribution in [0.5, 0.6) is 0 Å². The van der Waals surface area contributed by atoms with Gasteiger partial charge in [-0.15, -0.1) is 0 Å². The van der Waals surface area contributed by atoms with Crippen LogP contribution < -0.4 is 5.73 Å². The molecule has 7 aromatic carbocycles. The zero-order valence-corrected chi connectivity index (χ0v) is 29.7. The van der Waals surface area contributed by atoms with Crippen molar-refractivity contribution in [3.05, 3.63) is 187 Å². The predicted octanol–water partition coefficient (Wildman–Crippen LogP) is 12.5. The number of nitrogens with two attached hydrogens (primary N) is 1. The van der Waals surface area contributed by atoms with Gasteiger partial charge in [0.2, 0.25) is 0 Å². The van der Waals surface area contributed by atoms with E-state index in [1.807, 2.05) is 6.08 Å². The fourth-order valence-electron chi connectivity index (χ4n) is 8.83. The van der Waals surface area contributed by atoms with Gasteiger partial charge in [-0.05, 0) is 113 Å². The molecule has 3 heterocycles. The Hall–Kier alpha value is -7.17. The van der Waals surface area contributed by atoms with Gasteiger partial charge < -0.3 is 10.3 Å². The molecule has 54 heavy (non-hydrogen) atoms. The van der Waals surface area contributed by atoms with E-state index in [2.05, 4.69) is 180 Å². The maximum atomic E-state index is 5.94. The van der Waals surface area contributed by atoms with Crippen LogP contribution in [0.15, 0.2) is 176 Å². The molecule has 254 valence electrons. The zero-order chi connectivity index (χ0) is 35.9. The van der Waals surface area contributed by atoms with Crippen LogP contribution in [0.3, 0.4) is 0 Å². The summed E-state index contributed by atoms with van der Waals surface area (Å²) in [7, 11) is 0. The molecule has 0 spiro atoms. The van der Waals surface area contributed by atoms with Gasteiger partial charge in [0.05, 0.1) is 27.8 Å². The van der Waals surface area contributed by atoms with Gasteiger partial charge in [0.25, 0.3) is 0 Å². The fraction of sp³-hybridized carbons (Fsp3) is 0.0200. The molecule has 0 unspecified atom stereocenters. The predicted molar refractivity (Wildman–Crippen MR) is 227 cm³/mol. The van der Waals surface area contributed by atoms with Crippen LogP contribution in [-0.2, 0) is 0 Å². The van der Waals surface area contributed by atoms with Gasteiger partial charge in [-0.3, -0.25) is 4.57 Å². The van der Waals surface area contributed by atoms with E-state index in [1.54, 1.807) is 6.20 Å². The van der Waals surface area contributed by atoms with Crippen molar-refractivity contribution in [2.24, 2.45) is 5.73 Å². The Morgan fingerprint density at radius 3 is 1.81 bits per heavy atom. The second kappa shape index (κ2) is 11.7. The van der Waals surface area contributed by atoms with Crippen molar-refractivity contribution in [1.29, 1.82) is 0 Å². The lowest BCUT2D eigenvalue weighted by Crippen LogP contribution is -2.00. The lowest BCUT2D eigenvalue weighted by atomic mass is 10.0. The van der Waals surface area contributed by atoms with Gasteiger partial charge in [-0.1, -0.05) is 109 Å². The standard InChI is InChI=1S/C50H34N4/c1-31-38-18-10-14-36-30-48(52-50(49(36)38)39(31)25-26-51)54-45-20-8-6-17-41(45)43-29-35(22-24-47(43)54)34-21-23-46-42(28-34)40-16-5-7-19-44(40)53(46)37-15-9-13-33(27-37)32-11-3-2-4-12-32/h2-30H,51H2,1H3/b26-25-. The van der Waals surface area contributed by atoms with Crippen molar-refractivity contribution < 1.29 is 0 Å². The Morgan fingerprint density at radius 2 is 1.09 bits per heavy atom. The minimum atomic E-state index is 0.900. The fourth-order valence-corrected chi connectivity index (χ4v) is 8.83. The minimum absolute atomic E-state index is 0.900. The summed E-state index contributed by atoms with van der Waals surface area (Å²) in [6, 6.07) is 59.4. The molecular formula is C50H34N4. The van der Waals surface area contributed by atoms with E-state index >= 15 is 0 Å². The number of para-hydroxylation sites is 2. The third-order valence-electron chi connectivity index (χ3n) is 11.3. The van der Waals surface area contributed by atoms with E-state index in [4.69, 9.17) is 10.7 Å². The molecule has 0 aliphatic heterocycles. The van der Waals surface area contributed by atoms with Crippen molar-refractivity contribution in [1.82, 2.24) is 14.1 Å². The molecule has 11 rings (SSSR count). The highest BCUT2D eigenvalue weighted by atomic mass is 15.1. The van der Waals surface area contributed by atoms with Crippen molar-refractivity contribution in [3.8, 4) is 33.8 Å². The van der Waals surface area contributed by atoms with E-state index < -0.39 is 0 Å². The first kappa shape index (κ1) is 30.5. The highest BCUT2D eigenvalue weighted by Gasteiger charge is 2.24. The van der Waals surface area contributed by atoms with Crippen LogP contribution in [0.25, 0.3) is 99.3 Å². The number of rotatable bonds is 5. The molecule has 0 saturated heterocycles. The number of hydrogen-bond donors (Lipinski definition) is 1.